The van der Waals surface area contributed by atoms with E-state index in [0.717, 1.165) is 12.1 Å². The number of rotatable bonds is 5. The van der Waals surface area contributed by atoms with E-state index in [9.17, 15) is 14.0 Å². The number of carboxylic acid groups (broad SMARTS) is 1. The number of aliphatic carboxylic acids is 1. The Kier molecular flexibility index (Phi) is 5.76. The lowest BCUT2D eigenvalue weighted by Gasteiger charge is -2.27. The molecule has 5 nitrogen and oxygen atoms in total. The van der Waals surface area contributed by atoms with Gasteiger partial charge in [-0.05, 0) is 31.5 Å². The van der Waals surface area contributed by atoms with Crippen LogP contribution in [0.25, 0.3) is 0 Å². The van der Waals surface area contributed by atoms with E-state index in [0.29, 0.717) is 6.42 Å². The molecule has 2 N–H and O–H groups in total. The minimum atomic E-state index is -1.11. The maximum absolute atomic E-state index is 13.2. The van der Waals surface area contributed by atoms with Gasteiger partial charge >= 0.3 is 12.0 Å². The van der Waals surface area contributed by atoms with Gasteiger partial charge in [0.15, 0.2) is 0 Å². The largest absolute Gasteiger partial charge is 0.480 e. The highest BCUT2D eigenvalue weighted by atomic mass is 35.5. The summed E-state index contributed by atoms with van der Waals surface area (Å²) in [4.78, 5) is 24.0. The van der Waals surface area contributed by atoms with Crippen molar-refractivity contribution >= 4 is 29.3 Å². The van der Waals surface area contributed by atoms with Crippen molar-refractivity contribution in [1.82, 2.24) is 4.90 Å². The van der Waals surface area contributed by atoms with Gasteiger partial charge in [-0.15, -0.1) is 0 Å². The van der Waals surface area contributed by atoms with Crippen LogP contribution in [0.2, 0.25) is 5.02 Å². The first-order valence-electron chi connectivity index (χ1n) is 6.09. The van der Waals surface area contributed by atoms with Gasteiger partial charge in [0.2, 0.25) is 0 Å². The lowest BCUT2D eigenvalue weighted by Crippen LogP contribution is -2.44. The second-order valence-electron chi connectivity index (χ2n) is 4.37. The van der Waals surface area contributed by atoms with Crippen LogP contribution in [0.3, 0.4) is 0 Å². The molecule has 0 aliphatic carbocycles. The van der Waals surface area contributed by atoms with Crippen LogP contribution >= 0.6 is 11.6 Å². The molecule has 0 heterocycles. The number of amides is 2. The quantitative estimate of drug-likeness (QED) is 0.877. The zero-order chi connectivity index (χ0) is 15.3. The van der Waals surface area contributed by atoms with Crippen molar-refractivity contribution in [3.63, 3.8) is 0 Å². The van der Waals surface area contributed by atoms with Gasteiger partial charge in [-0.2, -0.15) is 0 Å². The van der Waals surface area contributed by atoms with Crippen molar-refractivity contribution in [1.29, 1.82) is 0 Å². The highest BCUT2D eigenvalue weighted by molar-refractivity contribution is 6.30. The Labute approximate surface area is 121 Å². The first kappa shape index (κ1) is 16.2. The third-order valence-electron chi connectivity index (χ3n) is 2.80. The molecule has 0 bridgehead atoms. The van der Waals surface area contributed by atoms with Crippen molar-refractivity contribution in [2.75, 3.05) is 11.9 Å². The van der Waals surface area contributed by atoms with Gasteiger partial charge in [0.25, 0.3) is 0 Å². The van der Waals surface area contributed by atoms with Crippen LogP contribution in [-0.4, -0.2) is 34.6 Å². The molecule has 2 amide bonds. The van der Waals surface area contributed by atoms with Gasteiger partial charge in [-0.3, -0.25) is 4.79 Å². The minimum Gasteiger partial charge on any atom is -0.480 e. The molecule has 110 valence electrons. The SMILES string of the molecule is CCC(C)N(CC(=O)O)C(=O)Nc1cc(F)cc(Cl)c1. The molecule has 1 unspecified atom stereocenters. The first-order valence-corrected chi connectivity index (χ1v) is 6.46. The van der Waals surface area contributed by atoms with Gasteiger partial charge < -0.3 is 15.3 Å². The normalized spacial score (nSPS) is 11.8. The number of carbonyl (C=O) groups excluding carboxylic acids is 1. The molecule has 1 atom stereocenters. The maximum atomic E-state index is 13.2. The average molecular weight is 303 g/mol. The smallest absolute Gasteiger partial charge is 0.323 e. The molecular weight excluding hydrogens is 287 g/mol. The van der Waals surface area contributed by atoms with Crippen LogP contribution in [0.4, 0.5) is 14.9 Å². The molecule has 0 aromatic heterocycles. The summed E-state index contributed by atoms with van der Waals surface area (Å²) in [6, 6.07) is 2.75. The van der Waals surface area contributed by atoms with Crippen molar-refractivity contribution in [3.05, 3.63) is 29.0 Å². The van der Waals surface area contributed by atoms with E-state index in [1.54, 1.807) is 6.92 Å². The van der Waals surface area contributed by atoms with Gasteiger partial charge in [-0.25, -0.2) is 9.18 Å². The summed E-state index contributed by atoms with van der Waals surface area (Å²) >= 11 is 5.69. The van der Waals surface area contributed by atoms with Crippen LogP contribution in [0, 0.1) is 5.82 Å². The lowest BCUT2D eigenvalue weighted by molar-refractivity contribution is -0.138. The number of nitrogens with zero attached hydrogens (tertiary/aromatic N) is 1. The van der Waals surface area contributed by atoms with Gasteiger partial charge in [0.1, 0.15) is 12.4 Å². The summed E-state index contributed by atoms with van der Waals surface area (Å²) in [6.45, 7) is 3.15. The topological polar surface area (TPSA) is 69.6 Å². The van der Waals surface area contributed by atoms with Gasteiger partial charge in [-0.1, -0.05) is 18.5 Å². The van der Waals surface area contributed by atoms with Gasteiger partial charge in [0.05, 0.1) is 0 Å². The molecule has 0 aliphatic rings. The Hall–Kier alpha value is -1.82. The Morgan fingerprint density at radius 1 is 1.45 bits per heavy atom. The molecule has 0 saturated heterocycles. The molecule has 0 spiro atoms. The standard InChI is InChI=1S/C13H16ClFN2O3/c1-3-8(2)17(7-12(18)19)13(20)16-11-5-9(14)4-10(15)6-11/h4-6,8H,3,7H2,1-2H3,(H,16,20)(H,18,19). The molecule has 20 heavy (non-hydrogen) atoms. The average Bonchev–Trinajstić information content (AvgIpc) is 2.33. The summed E-state index contributed by atoms with van der Waals surface area (Å²) < 4.78 is 13.2. The Morgan fingerprint density at radius 2 is 2.10 bits per heavy atom. The van der Waals surface area contributed by atoms with E-state index >= 15 is 0 Å². The third kappa shape index (κ3) is 4.70. The summed E-state index contributed by atoms with van der Waals surface area (Å²) in [6.07, 6.45) is 0.602. The molecule has 0 fully saturated rings. The number of halogens is 2. The van der Waals surface area contributed by atoms with E-state index in [4.69, 9.17) is 16.7 Å². The fraction of sp³-hybridized carbons (Fsp3) is 0.385. The van der Waals surface area contributed by atoms with E-state index in [1.807, 2.05) is 6.92 Å². The first-order chi connectivity index (χ1) is 9.33. The summed E-state index contributed by atoms with van der Waals surface area (Å²) in [5.41, 5.74) is 0.179. The van der Waals surface area contributed by atoms with Crippen molar-refractivity contribution in [3.8, 4) is 0 Å². The van der Waals surface area contributed by atoms with Crippen molar-refractivity contribution in [2.45, 2.75) is 26.3 Å². The van der Waals surface area contributed by atoms with Gasteiger partial charge in [0, 0.05) is 16.8 Å². The van der Waals surface area contributed by atoms with E-state index in [2.05, 4.69) is 5.32 Å². The Bertz CT molecular complexity index is 490. The number of benzene rings is 1. The van der Waals surface area contributed by atoms with Crippen LogP contribution in [0.1, 0.15) is 20.3 Å². The predicted molar refractivity (Wildman–Crippen MR) is 74.5 cm³/mol. The summed E-state index contributed by atoms with van der Waals surface area (Å²) in [5.74, 6) is -1.70. The second-order valence-corrected chi connectivity index (χ2v) is 4.80. The molecular formula is C13H16ClFN2O3. The molecule has 7 heteroatoms. The maximum Gasteiger partial charge on any atom is 0.323 e. The highest BCUT2D eigenvalue weighted by Gasteiger charge is 2.21. The molecule has 1 aromatic rings. The summed E-state index contributed by atoms with van der Waals surface area (Å²) in [5, 5.41) is 11.4. The van der Waals surface area contributed by atoms with Crippen LogP contribution < -0.4 is 5.32 Å². The van der Waals surface area contributed by atoms with Crippen LogP contribution in [0.5, 0.6) is 0 Å². The number of carboxylic acids is 1. The minimum absolute atomic E-state index is 0.147. The molecule has 0 saturated carbocycles. The van der Waals surface area contributed by atoms with Crippen LogP contribution in [0.15, 0.2) is 18.2 Å². The Morgan fingerprint density at radius 3 is 2.60 bits per heavy atom. The van der Waals surface area contributed by atoms with Crippen molar-refractivity contribution < 1.29 is 19.1 Å². The fourth-order valence-corrected chi connectivity index (χ4v) is 1.84. The molecule has 1 rings (SSSR count). The second kappa shape index (κ2) is 7.09. The number of hydrogen-bond acceptors (Lipinski definition) is 2. The summed E-state index contributed by atoms with van der Waals surface area (Å²) in [7, 11) is 0. The van der Waals surface area contributed by atoms with E-state index < -0.39 is 24.4 Å². The predicted octanol–water partition coefficient (Wildman–Crippen LogP) is 3.20. The van der Waals surface area contributed by atoms with E-state index in [-0.39, 0.29) is 16.8 Å². The number of urea groups is 1. The third-order valence-corrected chi connectivity index (χ3v) is 3.02. The van der Waals surface area contributed by atoms with Crippen LogP contribution in [-0.2, 0) is 4.79 Å². The highest BCUT2D eigenvalue weighted by Crippen LogP contribution is 2.19. The molecule has 0 radical (unpaired) electrons. The lowest BCUT2D eigenvalue weighted by atomic mass is 10.2. The molecule has 0 aliphatic heterocycles. The molecule has 1 aromatic carbocycles. The Balaban J connectivity index is 2.87. The number of anilines is 1. The number of carbonyl (C=O) groups is 2. The fourth-order valence-electron chi connectivity index (χ4n) is 1.62. The van der Waals surface area contributed by atoms with Crippen molar-refractivity contribution in [2.24, 2.45) is 0 Å². The monoisotopic (exact) mass is 302 g/mol. The van der Waals surface area contributed by atoms with E-state index in [1.165, 1.54) is 11.0 Å². The number of hydrogen-bond donors (Lipinski definition) is 2. The number of nitrogens with one attached hydrogen (secondary N) is 1. The zero-order valence-electron chi connectivity index (χ0n) is 11.2. The zero-order valence-corrected chi connectivity index (χ0v) is 11.9.